The molecule has 4 aromatic rings. The van der Waals surface area contributed by atoms with Gasteiger partial charge in [0.1, 0.15) is 6.54 Å². The van der Waals surface area contributed by atoms with E-state index in [-0.39, 0.29) is 35.0 Å². The second-order valence-electron chi connectivity index (χ2n) is 7.16. The van der Waals surface area contributed by atoms with Gasteiger partial charge < -0.3 is 15.6 Å². The van der Waals surface area contributed by atoms with Crippen molar-refractivity contribution in [1.29, 1.82) is 0 Å². The quantitative estimate of drug-likeness (QED) is 0.460. The van der Waals surface area contributed by atoms with Crippen molar-refractivity contribution in [1.82, 2.24) is 29.5 Å². The number of hydrogen-bond acceptors (Lipinski definition) is 6. The molecule has 0 saturated carbocycles. The Bertz CT molecular complexity index is 1360. The van der Waals surface area contributed by atoms with Gasteiger partial charge in [0.25, 0.3) is 5.91 Å². The number of aryl methyl sites for hydroxylation is 1. The SMILES string of the molecule is Cc1nn(CC(=O)Nc2cccnn2)cc1-c1ccc(-c2cnc(C(N)=O)n2C)c(F)c1F. The molecule has 0 aliphatic heterocycles. The number of nitrogens with one attached hydrogen (secondary N) is 1. The van der Waals surface area contributed by atoms with E-state index in [4.69, 9.17) is 5.73 Å². The number of hydrogen-bond donors (Lipinski definition) is 2. The topological polar surface area (TPSA) is 134 Å². The van der Waals surface area contributed by atoms with Crippen molar-refractivity contribution in [3.05, 3.63) is 66.0 Å². The summed E-state index contributed by atoms with van der Waals surface area (Å²) in [6.45, 7) is 1.46. The van der Waals surface area contributed by atoms with Crippen LogP contribution >= 0.6 is 0 Å². The summed E-state index contributed by atoms with van der Waals surface area (Å²) in [6.07, 6.45) is 4.18. The number of rotatable bonds is 6. The van der Waals surface area contributed by atoms with Crippen LogP contribution in [-0.4, -0.2) is 41.3 Å². The van der Waals surface area contributed by atoms with Crippen LogP contribution in [0.2, 0.25) is 0 Å². The van der Waals surface area contributed by atoms with Crippen LogP contribution in [0.5, 0.6) is 0 Å². The third kappa shape index (κ3) is 4.18. The Balaban J connectivity index is 1.61. The molecule has 3 heterocycles. The van der Waals surface area contributed by atoms with E-state index in [1.807, 2.05) is 0 Å². The van der Waals surface area contributed by atoms with Gasteiger partial charge in [0.05, 0.1) is 17.6 Å². The van der Waals surface area contributed by atoms with Crippen LogP contribution in [0.15, 0.2) is 42.9 Å². The second-order valence-corrected chi connectivity index (χ2v) is 7.16. The van der Waals surface area contributed by atoms with E-state index >= 15 is 4.39 Å². The van der Waals surface area contributed by atoms with Gasteiger partial charge in [-0.3, -0.25) is 14.3 Å². The third-order valence-corrected chi connectivity index (χ3v) is 4.95. The maximum atomic E-state index is 15.0. The molecular formula is C21H18F2N8O2. The van der Waals surface area contributed by atoms with Crippen molar-refractivity contribution in [3.8, 4) is 22.4 Å². The number of primary amides is 1. The summed E-state index contributed by atoms with van der Waals surface area (Å²) < 4.78 is 32.6. The number of anilines is 1. The first-order valence-electron chi connectivity index (χ1n) is 9.68. The Morgan fingerprint density at radius 1 is 1.12 bits per heavy atom. The van der Waals surface area contributed by atoms with Crippen LogP contribution in [0.25, 0.3) is 22.4 Å². The number of benzene rings is 1. The van der Waals surface area contributed by atoms with Crippen molar-refractivity contribution >= 4 is 17.6 Å². The smallest absolute Gasteiger partial charge is 0.284 e. The summed E-state index contributed by atoms with van der Waals surface area (Å²) in [6, 6.07) is 5.99. The van der Waals surface area contributed by atoms with Crippen molar-refractivity contribution in [2.45, 2.75) is 13.5 Å². The van der Waals surface area contributed by atoms with E-state index in [1.54, 1.807) is 19.1 Å². The molecule has 1 aromatic carbocycles. The second kappa shape index (κ2) is 8.57. The van der Waals surface area contributed by atoms with Gasteiger partial charge in [-0.05, 0) is 25.1 Å². The lowest BCUT2D eigenvalue weighted by atomic mass is 10.0. The molecular weight excluding hydrogens is 434 g/mol. The van der Waals surface area contributed by atoms with E-state index in [0.717, 1.165) is 0 Å². The Kier molecular flexibility index (Phi) is 5.65. The zero-order valence-corrected chi connectivity index (χ0v) is 17.6. The van der Waals surface area contributed by atoms with Crippen molar-refractivity contribution in [2.24, 2.45) is 12.8 Å². The fourth-order valence-electron chi connectivity index (χ4n) is 3.40. The minimum Gasteiger partial charge on any atom is -0.363 e. The molecule has 12 heteroatoms. The molecule has 33 heavy (non-hydrogen) atoms. The first-order chi connectivity index (χ1) is 15.8. The molecule has 2 amide bonds. The zero-order chi connectivity index (χ0) is 23.7. The molecule has 0 unspecified atom stereocenters. The normalized spacial score (nSPS) is 10.9. The standard InChI is InChI=1S/C21H18F2N8O2/c1-11-14(9-31(29-11)10-17(32)27-16-4-3-7-26-28-16)12-5-6-13(19(23)18(12)22)15-8-25-21(20(24)33)30(15)2/h3-9H,10H2,1-2H3,(H2,24,33)(H,27,28,32). The zero-order valence-electron chi connectivity index (χ0n) is 17.6. The minimum absolute atomic E-state index is 0.0216. The number of carbonyl (C=O) groups excluding carboxylic acids is 2. The largest absolute Gasteiger partial charge is 0.363 e. The van der Waals surface area contributed by atoms with Crippen LogP contribution in [-0.2, 0) is 18.4 Å². The average Bonchev–Trinajstić information content (AvgIpc) is 3.33. The molecule has 4 rings (SSSR count). The van der Waals surface area contributed by atoms with Crippen LogP contribution in [0.4, 0.5) is 14.6 Å². The fraction of sp³-hybridized carbons (Fsp3) is 0.143. The summed E-state index contributed by atoms with van der Waals surface area (Å²) in [5, 5.41) is 14.2. The van der Waals surface area contributed by atoms with Gasteiger partial charge in [-0.2, -0.15) is 10.2 Å². The Labute approximate surface area is 186 Å². The van der Waals surface area contributed by atoms with E-state index in [1.165, 1.54) is 47.0 Å². The Morgan fingerprint density at radius 3 is 2.52 bits per heavy atom. The summed E-state index contributed by atoms with van der Waals surface area (Å²) in [7, 11) is 1.48. The third-order valence-electron chi connectivity index (χ3n) is 4.95. The number of nitrogens with zero attached hydrogens (tertiary/aromatic N) is 6. The van der Waals surface area contributed by atoms with Gasteiger partial charge >= 0.3 is 0 Å². The molecule has 3 aromatic heterocycles. The molecule has 10 nitrogen and oxygen atoms in total. The highest BCUT2D eigenvalue weighted by molar-refractivity contribution is 5.90. The summed E-state index contributed by atoms with van der Waals surface area (Å²) in [5.41, 5.74) is 6.07. The minimum atomic E-state index is -1.11. The maximum absolute atomic E-state index is 15.0. The summed E-state index contributed by atoms with van der Waals surface area (Å²) in [5.74, 6) is -3.20. The van der Waals surface area contributed by atoms with E-state index in [2.05, 4.69) is 25.6 Å². The Morgan fingerprint density at radius 2 is 1.85 bits per heavy atom. The van der Waals surface area contributed by atoms with E-state index in [0.29, 0.717) is 11.3 Å². The van der Waals surface area contributed by atoms with Gasteiger partial charge in [0.2, 0.25) is 5.91 Å². The molecule has 0 aliphatic carbocycles. The highest BCUT2D eigenvalue weighted by Gasteiger charge is 2.22. The van der Waals surface area contributed by atoms with Crippen LogP contribution in [0.3, 0.4) is 0 Å². The summed E-state index contributed by atoms with van der Waals surface area (Å²) in [4.78, 5) is 27.5. The summed E-state index contributed by atoms with van der Waals surface area (Å²) >= 11 is 0. The monoisotopic (exact) mass is 452 g/mol. The molecule has 0 saturated heterocycles. The lowest BCUT2D eigenvalue weighted by Crippen LogP contribution is -2.19. The first kappa shape index (κ1) is 21.7. The molecule has 0 radical (unpaired) electrons. The number of carbonyl (C=O) groups is 2. The van der Waals surface area contributed by atoms with Gasteiger partial charge in [-0.25, -0.2) is 13.8 Å². The molecule has 0 bridgehead atoms. The number of imidazole rings is 1. The van der Waals surface area contributed by atoms with Gasteiger partial charge in [-0.15, -0.1) is 5.10 Å². The van der Waals surface area contributed by atoms with Crippen molar-refractivity contribution < 1.29 is 18.4 Å². The van der Waals surface area contributed by atoms with Crippen LogP contribution in [0.1, 0.15) is 16.3 Å². The van der Waals surface area contributed by atoms with Crippen molar-refractivity contribution in [3.63, 3.8) is 0 Å². The highest BCUT2D eigenvalue weighted by Crippen LogP contribution is 2.32. The Hall–Kier alpha value is -4.48. The van der Waals surface area contributed by atoms with Gasteiger partial charge in [-0.1, -0.05) is 6.07 Å². The van der Waals surface area contributed by atoms with E-state index in [9.17, 15) is 14.0 Å². The molecule has 3 N–H and O–H groups in total. The molecule has 168 valence electrons. The van der Waals surface area contributed by atoms with Crippen molar-refractivity contribution in [2.75, 3.05) is 5.32 Å². The molecule has 0 spiro atoms. The first-order valence-corrected chi connectivity index (χ1v) is 9.68. The lowest BCUT2D eigenvalue weighted by Gasteiger charge is -2.09. The maximum Gasteiger partial charge on any atom is 0.284 e. The predicted octanol–water partition coefficient (Wildman–Crippen LogP) is 2.06. The molecule has 0 fully saturated rings. The van der Waals surface area contributed by atoms with Crippen LogP contribution < -0.4 is 11.1 Å². The average molecular weight is 452 g/mol. The number of nitrogens with two attached hydrogens (primary N) is 1. The number of halogens is 2. The molecule has 0 aliphatic rings. The molecule has 0 atom stereocenters. The number of amides is 2. The fourth-order valence-corrected chi connectivity index (χ4v) is 3.40. The van der Waals surface area contributed by atoms with E-state index < -0.39 is 23.4 Å². The highest BCUT2D eigenvalue weighted by atomic mass is 19.2. The predicted molar refractivity (Wildman–Crippen MR) is 114 cm³/mol. The van der Waals surface area contributed by atoms with Crippen LogP contribution in [0, 0.1) is 18.6 Å². The number of aromatic nitrogens is 6. The lowest BCUT2D eigenvalue weighted by molar-refractivity contribution is -0.116. The van der Waals surface area contributed by atoms with Gasteiger partial charge in [0, 0.05) is 36.1 Å². The van der Waals surface area contributed by atoms with Gasteiger partial charge in [0.15, 0.2) is 23.3 Å².